The number of hydrogen-bond donors (Lipinski definition) is 0. The van der Waals surface area contributed by atoms with Gasteiger partial charge in [0.25, 0.3) is 0 Å². The highest BCUT2D eigenvalue weighted by atomic mass is 32.1. The van der Waals surface area contributed by atoms with Crippen LogP contribution >= 0.6 is 12.2 Å². The minimum Gasteiger partial charge on any atom is -0.393 e. The fourth-order valence-electron chi connectivity index (χ4n) is 1.36. The molecule has 0 radical (unpaired) electrons. The Morgan fingerprint density at radius 2 is 2.00 bits per heavy atom. The molecule has 0 N–H and O–H groups in total. The molecule has 3 heteroatoms. The van der Waals surface area contributed by atoms with E-state index in [2.05, 4.69) is 24.2 Å². The summed E-state index contributed by atoms with van der Waals surface area (Å²) >= 11 is 5.25. The topological polar surface area (TPSA) is 3.24 Å². The lowest BCUT2D eigenvalue weighted by Crippen LogP contribution is -2.45. The molecule has 0 aromatic heterocycles. The van der Waals surface area contributed by atoms with Crippen LogP contribution in [0.5, 0.6) is 0 Å². The van der Waals surface area contributed by atoms with Crippen LogP contribution in [0.3, 0.4) is 0 Å². The smallest absolute Gasteiger partial charge is 0.148 e. The summed E-state index contributed by atoms with van der Waals surface area (Å²) in [5, 5.41) is 0. The lowest BCUT2D eigenvalue weighted by Gasteiger charge is -2.31. The Bertz CT molecular complexity index is 150. The van der Waals surface area contributed by atoms with Gasteiger partial charge in [-0.3, -0.25) is 0 Å². The van der Waals surface area contributed by atoms with Gasteiger partial charge in [0, 0.05) is 6.54 Å². The van der Waals surface area contributed by atoms with Crippen molar-refractivity contribution in [3.8, 4) is 0 Å². The van der Waals surface area contributed by atoms with Gasteiger partial charge in [0.15, 0.2) is 0 Å². The first-order valence-electron chi connectivity index (χ1n) is 3.82. The van der Waals surface area contributed by atoms with Crippen LogP contribution in [0.25, 0.3) is 0 Å². The first kappa shape index (κ1) is 8.21. The van der Waals surface area contributed by atoms with Crippen molar-refractivity contribution in [3.63, 3.8) is 0 Å². The fraction of sp³-hybridized carbons (Fsp3) is 0.857. The molecular formula is C7H15NSSi. The average Bonchev–Trinajstić information content (AvgIpc) is 2.11. The molecule has 58 valence electrons. The molecule has 1 heterocycles. The standard InChI is InChI=1S/C7H15NSSi/c1-10(2,3)8-6-4-5-7(8)9/h4-6H2,1-3H3. The molecule has 0 aliphatic carbocycles. The zero-order valence-electron chi connectivity index (χ0n) is 6.98. The van der Waals surface area contributed by atoms with Crippen molar-refractivity contribution >= 4 is 25.4 Å². The summed E-state index contributed by atoms with van der Waals surface area (Å²) < 4.78 is 2.46. The van der Waals surface area contributed by atoms with E-state index in [0.29, 0.717) is 0 Å². The second-order valence-electron chi connectivity index (χ2n) is 3.82. The second-order valence-corrected chi connectivity index (χ2v) is 9.17. The maximum absolute atomic E-state index is 5.25. The van der Waals surface area contributed by atoms with Gasteiger partial charge in [0.2, 0.25) is 0 Å². The van der Waals surface area contributed by atoms with E-state index in [1.807, 2.05) is 0 Å². The predicted molar refractivity (Wildman–Crippen MR) is 51.9 cm³/mol. The molecule has 0 bridgehead atoms. The van der Waals surface area contributed by atoms with Crippen molar-refractivity contribution in [2.75, 3.05) is 6.54 Å². The Morgan fingerprint density at radius 1 is 1.40 bits per heavy atom. The van der Waals surface area contributed by atoms with E-state index in [4.69, 9.17) is 12.2 Å². The average molecular weight is 173 g/mol. The monoisotopic (exact) mass is 173 g/mol. The van der Waals surface area contributed by atoms with Crippen LogP contribution in [-0.2, 0) is 0 Å². The molecule has 1 saturated heterocycles. The fourth-order valence-corrected chi connectivity index (χ4v) is 4.10. The Balaban J connectivity index is 2.64. The third-order valence-corrected chi connectivity index (χ3v) is 4.58. The van der Waals surface area contributed by atoms with Crippen LogP contribution in [0.4, 0.5) is 0 Å². The zero-order valence-corrected chi connectivity index (χ0v) is 8.79. The van der Waals surface area contributed by atoms with Crippen molar-refractivity contribution in [2.45, 2.75) is 32.5 Å². The van der Waals surface area contributed by atoms with Crippen LogP contribution in [-0.4, -0.2) is 24.3 Å². The van der Waals surface area contributed by atoms with Crippen molar-refractivity contribution in [1.82, 2.24) is 4.57 Å². The van der Waals surface area contributed by atoms with E-state index in [1.165, 1.54) is 18.0 Å². The summed E-state index contributed by atoms with van der Waals surface area (Å²) in [6, 6.07) is 0. The number of rotatable bonds is 1. The molecule has 1 aliphatic rings. The molecule has 0 aromatic rings. The summed E-state index contributed by atoms with van der Waals surface area (Å²) in [5.74, 6) is 0. The molecule has 0 amide bonds. The normalized spacial score (nSPS) is 20.3. The quantitative estimate of drug-likeness (QED) is 0.442. The summed E-state index contributed by atoms with van der Waals surface area (Å²) in [4.78, 5) is 1.21. The van der Waals surface area contributed by atoms with E-state index in [1.54, 1.807) is 0 Å². The molecule has 1 rings (SSSR count). The van der Waals surface area contributed by atoms with Gasteiger partial charge < -0.3 is 4.57 Å². The van der Waals surface area contributed by atoms with E-state index in [-0.39, 0.29) is 0 Å². The van der Waals surface area contributed by atoms with Gasteiger partial charge >= 0.3 is 0 Å². The minimum absolute atomic E-state index is 1.10. The predicted octanol–water partition coefficient (Wildman–Crippen LogP) is 2.24. The minimum atomic E-state index is -1.10. The van der Waals surface area contributed by atoms with E-state index in [9.17, 15) is 0 Å². The van der Waals surface area contributed by atoms with Gasteiger partial charge in [0.1, 0.15) is 8.24 Å². The molecule has 1 fully saturated rings. The van der Waals surface area contributed by atoms with Gasteiger partial charge in [0.05, 0.1) is 4.99 Å². The largest absolute Gasteiger partial charge is 0.393 e. The maximum Gasteiger partial charge on any atom is 0.148 e. The number of nitrogens with zero attached hydrogens (tertiary/aromatic N) is 1. The highest BCUT2D eigenvalue weighted by Gasteiger charge is 2.28. The Labute approximate surface area is 69.5 Å². The molecule has 0 unspecified atom stereocenters. The lowest BCUT2D eigenvalue weighted by molar-refractivity contribution is 0.665. The third kappa shape index (κ3) is 1.58. The SMILES string of the molecule is C[Si](C)(C)N1CCCC1=S. The van der Waals surface area contributed by atoms with Crippen molar-refractivity contribution in [2.24, 2.45) is 0 Å². The van der Waals surface area contributed by atoms with Crippen molar-refractivity contribution in [1.29, 1.82) is 0 Å². The zero-order chi connectivity index (χ0) is 7.78. The second kappa shape index (κ2) is 2.62. The summed E-state index contributed by atoms with van der Waals surface area (Å²) in [6.45, 7) is 8.27. The molecule has 0 aromatic carbocycles. The molecule has 1 nitrogen and oxygen atoms in total. The Hall–Kier alpha value is 0.107. The van der Waals surface area contributed by atoms with Crippen LogP contribution < -0.4 is 0 Å². The molecule has 0 atom stereocenters. The Kier molecular flexibility index (Phi) is 2.15. The van der Waals surface area contributed by atoms with Gasteiger partial charge in [-0.05, 0) is 12.8 Å². The molecule has 1 aliphatic heterocycles. The van der Waals surface area contributed by atoms with Gasteiger partial charge in [-0.25, -0.2) is 0 Å². The number of thiocarbonyl (C=S) groups is 1. The maximum atomic E-state index is 5.25. The summed E-state index contributed by atoms with van der Waals surface area (Å²) in [5.41, 5.74) is 0. The van der Waals surface area contributed by atoms with Gasteiger partial charge in [-0.1, -0.05) is 31.9 Å². The van der Waals surface area contributed by atoms with E-state index < -0.39 is 8.24 Å². The first-order chi connectivity index (χ1) is 4.52. The van der Waals surface area contributed by atoms with Crippen LogP contribution in [0.1, 0.15) is 12.8 Å². The van der Waals surface area contributed by atoms with Gasteiger partial charge in [-0.2, -0.15) is 0 Å². The van der Waals surface area contributed by atoms with Crippen LogP contribution in [0, 0.1) is 0 Å². The molecular weight excluding hydrogens is 158 g/mol. The highest BCUT2D eigenvalue weighted by Crippen LogP contribution is 2.19. The lowest BCUT2D eigenvalue weighted by atomic mass is 10.4. The third-order valence-electron chi connectivity index (χ3n) is 1.88. The first-order valence-corrected chi connectivity index (χ1v) is 7.68. The van der Waals surface area contributed by atoms with Crippen molar-refractivity contribution in [3.05, 3.63) is 0 Å². The molecule has 0 saturated carbocycles. The van der Waals surface area contributed by atoms with Crippen molar-refractivity contribution < 1.29 is 0 Å². The Morgan fingerprint density at radius 3 is 2.20 bits per heavy atom. The number of hydrogen-bond acceptors (Lipinski definition) is 1. The summed E-state index contributed by atoms with van der Waals surface area (Å²) in [6.07, 6.45) is 2.43. The highest BCUT2D eigenvalue weighted by molar-refractivity contribution is 7.80. The molecule has 10 heavy (non-hydrogen) atoms. The van der Waals surface area contributed by atoms with E-state index >= 15 is 0 Å². The van der Waals surface area contributed by atoms with Gasteiger partial charge in [-0.15, -0.1) is 0 Å². The van der Waals surface area contributed by atoms with E-state index in [0.717, 1.165) is 6.42 Å². The van der Waals surface area contributed by atoms with Crippen LogP contribution in [0.2, 0.25) is 19.6 Å². The summed E-state index contributed by atoms with van der Waals surface area (Å²) in [7, 11) is -1.10. The molecule has 0 spiro atoms. The van der Waals surface area contributed by atoms with Crippen LogP contribution in [0.15, 0.2) is 0 Å².